The van der Waals surface area contributed by atoms with Crippen LogP contribution in [0.2, 0.25) is 0 Å². The number of hydrogen-bond donors (Lipinski definition) is 1. The molecule has 2 heterocycles. The predicted octanol–water partition coefficient (Wildman–Crippen LogP) is 1.01. The van der Waals surface area contributed by atoms with Crippen molar-refractivity contribution in [2.75, 3.05) is 45.3 Å². The summed E-state index contributed by atoms with van der Waals surface area (Å²) in [6.45, 7) is 0.457. The third-order valence-corrected chi connectivity index (χ3v) is 7.20. The second kappa shape index (κ2) is 9.28. The number of carbonyl (C=O) groups is 2. The maximum Gasteiger partial charge on any atom is 0.262 e. The van der Waals surface area contributed by atoms with Gasteiger partial charge in [-0.3, -0.25) is 9.59 Å². The van der Waals surface area contributed by atoms with E-state index in [4.69, 9.17) is 14.2 Å². The van der Waals surface area contributed by atoms with Crippen LogP contribution in [0.1, 0.15) is 6.42 Å². The highest BCUT2D eigenvalue weighted by molar-refractivity contribution is 7.89. The topological polar surface area (TPSA) is 114 Å². The second-order valence-corrected chi connectivity index (χ2v) is 9.66. The maximum atomic E-state index is 13.2. The first-order chi connectivity index (χ1) is 15.8. The summed E-state index contributed by atoms with van der Waals surface area (Å²) in [5, 5.41) is 2.51. The Balaban J connectivity index is 1.55. The Morgan fingerprint density at radius 2 is 1.82 bits per heavy atom. The smallest absolute Gasteiger partial charge is 0.262 e. The zero-order chi connectivity index (χ0) is 23.6. The molecule has 4 rings (SSSR count). The van der Waals surface area contributed by atoms with Gasteiger partial charge in [-0.15, -0.1) is 0 Å². The molecule has 2 amide bonds. The molecule has 0 bridgehead atoms. The first kappa shape index (κ1) is 22.9. The van der Waals surface area contributed by atoms with Crippen molar-refractivity contribution in [3.05, 3.63) is 42.5 Å². The summed E-state index contributed by atoms with van der Waals surface area (Å²) in [5.41, 5.74) is 0.476. The number of ether oxygens (including phenoxy) is 3. The Morgan fingerprint density at radius 3 is 2.58 bits per heavy atom. The number of amides is 2. The minimum Gasteiger partial charge on any atom is -0.490 e. The summed E-state index contributed by atoms with van der Waals surface area (Å²) < 4.78 is 44.1. The zero-order valence-corrected chi connectivity index (χ0v) is 19.1. The number of hydrogen-bond acceptors (Lipinski definition) is 7. The van der Waals surface area contributed by atoms with Gasteiger partial charge in [0.25, 0.3) is 5.91 Å². The maximum absolute atomic E-state index is 13.2. The Kier molecular flexibility index (Phi) is 6.43. The van der Waals surface area contributed by atoms with E-state index in [1.165, 1.54) is 31.1 Å². The average molecular weight is 476 g/mol. The molecular weight excluding hydrogens is 450 g/mol. The lowest BCUT2D eigenvalue weighted by atomic mass is 10.1. The molecule has 2 aliphatic heterocycles. The molecule has 2 aromatic rings. The molecule has 0 aliphatic carbocycles. The number of rotatable bonds is 5. The summed E-state index contributed by atoms with van der Waals surface area (Å²) in [4.78, 5) is 26.7. The van der Waals surface area contributed by atoms with E-state index in [9.17, 15) is 18.0 Å². The van der Waals surface area contributed by atoms with Crippen LogP contribution in [0.25, 0.3) is 0 Å². The highest BCUT2D eigenvalue weighted by atomic mass is 32.2. The number of carbonyl (C=O) groups excluding carboxylic acids is 2. The van der Waals surface area contributed by atoms with Crippen LogP contribution in [0, 0.1) is 0 Å². The van der Waals surface area contributed by atoms with Crippen LogP contribution in [0.5, 0.6) is 17.2 Å². The van der Waals surface area contributed by atoms with E-state index in [0.29, 0.717) is 42.6 Å². The molecule has 33 heavy (non-hydrogen) atoms. The zero-order valence-electron chi connectivity index (χ0n) is 18.3. The van der Waals surface area contributed by atoms with E-state index in [1.54, 1.807) is 30.3 Å². The molecule has 0 saturated heterocycles. The second-order valence-electron chi connectivity index (χ2n) is 7.61. The number of sulfonamides is 1. The molecule has 0 fully saturated rings. The number of nitrogens with one attached hydrogen (secondary N) is 1. The SMILES string of the molecule is CNC(=O)C1CN(C(=O)CN(C)S(=O)(=O)c2ccc3c(c2)OCCCO3)c2ccccc2O1. The molecule has 176 valence electrons. The molecule has 2 aliphatic rings. The highest BCUT2D eigenvalue weighted by Gasteiger charge is 2.35. The molecule has 0 saturated carbocycles. The van der Waals surface area contributed by atoms with Crippen LogP contribution in [0.15, 0.2) is 47.4 Å². The first-order valence-electron chi connectivity index (χ1n) is 10.4. The Hall–Kier alpha value is -3.31. The quantitative estimate of drug-likeness (QED) is 0.686. The number of para-hydroxylation sites is 2. The van der Waals surface area contributed by atoms with Gasteiger partial charge in [-0.1, -0.05) is 12.1 Å². The summed E-state index contributed by atoms with van der Waals surface area (Å²) in [6.07, 6.45) is -0.207. The van der Waals surface area contributed by atoms with Gasteiger partial charge in [0, 0.05) is 26.6 Å². The standard InChI is InChI=1S/C22H25N3O7S/c1-23-22(27)20-13-25(16-6-3-4-7-17(16)32-20)21(26)14-24(2)33(28,29)15-8-9-18-19(12-15)31-11-5-10-30-18/h3-4,6-9,12,20H,5,10-11,13-14H2,1-2H3,(H,23,27). The third kappa shape index (κ3) is 4.60. The molecule has 1 atom stereocenters. The van der Waals surface area contributed by atoms with Crippen molar-refractivity contribution >= 4 is 27.5 Å². The Bertz CT molecular complexity index is 1170. The van der Waals surface area contributed by atoms with Crippen LogP contribution in [0.3, 0.4) is 0 Å². The number of benzene rings is 2. The van der Waals surface area contributed by atoms with E-state index < -0.39 is 28.6 Å². The van der Waals surface area contributed by atoms with Gasteiger partial charge in [0.15, 0.2) is 17.6 Å². The van der Waals surface area contributed by atoms with E-state index in [1.807, 2.05) is 0 Å². The van der Waals surface area contributed by atoms with E-state index >= 15 is 0 Å². The number of anilines is 1. The van der Waals surface area contributed by atoms with E-state index in [-0.39, 0.29) is 17.3 Å². The van der Waals surface area contributed by atoms with Gasteiger partial charge in [-0.05, 0) is 24.3 Å². The predicted molar refractivity (Wildman–Crippen MR) is 119 cm³/mol. The molecule has 0 spiro atoms. The van der Waals surface area contributed by atoms with Crippen molar-refractivity contribution in [2.24, 2.45) is 0 Å². The van der Waals surface area contributed by atoms with Gasteiger partial charge >= 0.3 is 0 Å². The van der Waals surface area contributed by atoms with Crippen molar-refractivity contribution < 1.29 is 32.2 Å². The van der Waals surface area contributed by atoms with Crippen LogP contribution < -0.4 is 24.4 Å². The summed E-state index contributed by atoms with van der Waals surface area (Å²) >= 11 is 0. The Morgan fingerprint density at radius 1 is 1.09 bits per heavy atom. The molecule has 11 heteroatoms. The number of nitrogens with zero attached hydrogens (tertiary/aromatic N) is 2. The lowest BCUT2D eigenvalue weighted by molar-refractivity contribution is -0.127. The molecule has 2 aromatic carbocycles. The Labute approximate surface area is 192 Å². The molecule has 1 unspecified atom stereocenters. The van der Waals surface area contributed by atoms with Gasteiger partial charge in [0.1, 0.15) is 5.75 Å². The van der Waals surface area contributed by atoms with Crippen molar-refractivity contribution in [3.8, 4) is 17.2 Å². The van der Waals surface area contributed by atoms with Crippen LogP contribution in [-0.2, 0) is 19.6 Å². The largest absolute Gasteiger partial charge is 0.490 e. The summed E-state index contributed by atoms with van der Waals surface area (Å²) in [7, 11) is -1.18. The minimum atomic E-state index is -3.99. The van der Waals surface area contributed by atoms with E-state index in [2.05, 4.69) is 5.32 Å². The van der Waals surface area contributed by atoms with Gasteiger partial charge in [0.2, 0.25) is 15.9 Å². The normalized spacial score (nSPS) is 17.5. The first-order valence-corrected chi connectivity index (χ1v) is 11.9. The van der Waals surface area contributed by atoms with Crippen LogP contribution >= 0.6 is 0 Å². The highest BCUT2D eigenvalue weighted by Crippen LogP contribution is 2.34. The fourth-order valence-corrected chi connectivity index (χ4v) is 4.75. The van der Waals surface area contributed by atoms with Crippen molar-refractivity contribution in [3.63, 3.8) is 0 Å². The van der Waals surface area contributed by atoms with Gasteiger partial charge in [-0.2, -0.15) is 4.31 Å². The summed E-state index contributed by atoms with van der Waals surface area (Å²) in [5.74, 6) is 0.342. The fourth-order valence-electron chi connectivity index (χ4n) is 3.61. The molecule has 0 aromatic heterocycles. The third-order valence-electron chi connectivity index (χ3n) is 5.40. The van der Waals surface area contributed by atoms with Gasteiger partial charge in [0.05, 0.1) is 36.9 Å². The summed E-state index contributed by atoms with van der Waals surface area (Å²) in [6, 6.07) is 11.2. The fraction of sp³-hybridized carbons (Fsp3) is 0.364. The molecule has 0 radical (unpaired) electrons. The molecular formula is C22H25N3O7S. The monoisotopic (exact) mass is 475 g/mol. The lowest BCUT2D eigenvalue weighted by Gasteiger charge is -2.34. The molecule has 1 N–H and O–H groups in total. The van der Waals surface area contributed by atoms with Gasteiger partial charge in [-0.25, -0.2) is 8.42 Å². The lowest BCUT2D eigenvalue weighted by Crippen LogP contribution is -2.52. The van der Waals surface area contributed by atoms with Crippen molar-refractivity contribution in [1.29, 1.82) is 0 Å². The number of fused-ring (bicyclic) bond motifs is 2. The minimum absolute atomic E-state index is 0.00679. The average Bonchev–Trinajstić information content (AvgIpc) is 3.07. The molecule has 10 nitrogen and oxygen atoms in total. The van der Waals surface area contributed by atoms with Crippen LogP contribution in [0.4, 0.5) is 5.69 Å². The van der Waals surface area contributed by atoms with E-state index in [0.717, 1.165) is 4.31 Å². The number of likely N-dealkylation sites (N-methyl/N-ethyl adjacent to an activating group) is 2. The van der Waals surface area contributed by atoms with Gasteiger partial charge < -0.3 is 24.4 Å². The van der Waals surface area contributed by atoms with Crippen molar-refractivity contribution in [1.82, 2.24) is 9.62 Å². The van der Waals surface area contributed by atoms with Crippen LogP contribution in [-0.4, -0.2) is 71.0 Å². The van der Waals surface area contributed by atoms with Crippen molar-refractivity contribution in [2.45, 2.75) is 17.4 Å².